The van der Waals surface area contributed by atoms with Gasteiger partial charge in [-0.25, -0.2) is 0 Å². The van der Waals surface area contributed by atoms with Gasteiger partial charge in [0.1, 0.15) is 0 Å². The molecule has 0 aliphatic heterocycles. The minimum Gasteiger partial charge on any atom is -0.397 e. The number of hydrogen-bond donors (Lipinski definition) is 1. The van der Waals surface area contributed by atoms with E-state index in [1.54, 1.807) is 6.20 Å². The second-order valence-corrected chi connectivity index (χ2v) is 4.91. The Bertz CT molecular complexity index is 297. The van der Waals surface area contributed by atoms with Gasteiger partial charge in [0.25, 0.3) is 0 Å². The molecular formula is C13H20N2. The number of anilines is 1. The summed E-state index contributed by atoms with van der Waals surface area (Å²) in [6.07, 6.45) is 8.41. The van der Waals surface area contributed by atoms with Crippen molar-refractivity contribution < 1.29 is 0 Å². The predicted molar refractivity (Wildman–Crippen MR) is 63.5 cm³/mol. The van der Waals surface area contributed by atoms with Crippen LogP contribution in [0.1, 0.15) is 38.3 Å². The molecule has 2 nitrogen and oxygen atoms in total. The molecule has 0 spiro atoms. The second-order valence-electron chi connectivity index (χ2n) is 4.91. The Hall–Kier alpha value is -1.05. The molecule has 0 amide bonds. The minimum absolute atomic E-state index is 0.760. The average molecular weight is 204 g/mol. The highest BCUT2D eigenvalue weighted by molar-refractivity contribution is 5.34. The van der Waals surface area contributed by atoms with Crippen LogP contribution in [0.25, 0.3) is 0 Å². The molecule has 0 aromatic carbocycles. The lowest BCUT2D eigenvalue weighted by atomic mass is 9.81. The maximum Gasteiger partial charge on any atom is 0.0501 e. The Balaban J connectivity index is 1.89. The maximum absolute atomic E-state index is 5.62. The highest BCUT2D eigenvalue weighted by atomic mass is 14.7. The number of nitrogens with two attached hydrogens (primary N) is 1. The van der Waals surface area contributed by atoms with Gasteiger partial charge in [-0.15, -0.1) is 0 Å². The third kappa shape index (κ3) is 2.95. The van der Waals surface area contributed by atoms with Crippen molar-refractivity contribution in [1.82, 2.24) is 4.98 Å². The lowest BCUT2D eigenvalue weighted by molar-refractivity contribution is 0.287. The zero-order chi connectivity index (χ0) is 10.7. The molecule has 1 heterocycles. The van der Waals surface area contributed by atoms with E-state index in [1.807, 2.05) is 6.07 Å². The summed E-state index contributed by atoms with van der Waals surface area (Å²) in [4.78, 5) is 4.37. The van der Waals surface area contributed by atoms with Crippen LogP contribution in [0.15, 0.2) is 18.3 Å². The SMILES string of the molecule is CC1CCC(Cc2ccc(N)cn2)CC1. The first-order chi connectivity index (χ1) is 7.24. The quantitative estimate of drug-likeness (QED) is 0.804. The zero-order valence-electron chi connectivity index (χ0n) is 9.45. The fraction of sp³-hybridized carbons (Fsp3) is 0.615. The fourth-order valence-corrected chi connectivity index (χ4v) is 2.39. The summed E-state index contributed by atoms with van der Waals surface area (Å²) in [7, 11) is 0. The van der Waals surface area contributed by atoms with Gasteiger partial charge in [-0.2, -0.15) is 0 Å². The lowest BCUT2D eigenvalue weighted by Crippen LogP contribution is -2.14. The van der Waals surface area contributed by atoms with Gasteiger partial charge in [-0.1, -0.05) is 19.8 Å². The molecule has 0 atom stereocenters. The standard InChI is InChI=1S/C13H20N2/c1-10-2-4-11(5-3-10)8-13-7-6-12(14)9-15-13/h6-7,9-11H,2-5,8,14H2,1H3. The van der Waals surface area contributed by atoms with Crippen LogP contribution in [0.5, 0.6) is 0 Å². The van der Waals surface area contributed by atoms with Crippen molar-refractivity contribution in [3.63, 3.8) is 0 Å². The summed E-state index contributed by atoms with van der Waals surface area (Å²) >= 11 is 0. The van der Waals surface area contributed by atoms with Crippen LogP contribution in [-0.2, 0) is 6.42 Å². The molecule has 0 unspecified atom stereocenters. The summed E-state index contributed by atoms with van der Waals surface area (Å²) < 4.78 is 0. The molecule has 15 heavy (non-hydrogen) atoms. The van der Waals surface area contributed by atoms with Gasteiger partial charge in [-0.05, 0) is 43.2 Å². The van der Waals surface area contributed by atoms with Crippen LogP contribution in [0.2, 0.25) is 0 Å². The first kappa shape index (κ1) is 10.5. The van der Waals surface area contributed by atoms with E-state index in [0.717, 1.165) is 23.9 Å². The Morgan fingerprint density at radius 1 is 1.27 bits per heavy atom. The number of nitrogen functional groups attached to an aromatic ring is 1. The molecule has 1 aliphatic carbocycles. The monoisotopic (exact) mass is 204 g/mol. The van der Waals surface area contributed by atoms with E-state index in [1.165, 1.54) is 31.4 Å². The van der Waals surface area contributed by atoms with Crippen molar-refractivity contribution in [2.45, 2.75) is 39.0 Å². The third-order valence-electron chi connectivity index (χ3n) is 3.48. The van der Waals surface area contributed by atoms with E-state index >= 15 is 0 Å². The van der Waals surface area contributed by atoms with Crippen molar-refractivity contribution in [1.29, 1.82) is 0 Å². The van der Waals surface area contributed by atoms with Crippen molar-refractivity contribution in [2.24, 2.45) is 11.8 Å². The smallest absolute Gasteiger partial charge is 0.0501 e. The van der Waals surface area contributed by atoms with E-state index in [0.29, 0.717) is 0 Å². The first-order valence-electron chi connectivity index (χ1n) is 5.94. The summed E-state index contributed by atoms with van der Waals surface area (Å²) in [5.41, 5.74) is 7.57. The molecule has 1 aromatic rings. The van der Waals surface area contributed by atoms with E-state index in [2.05, 4.69) is 18.0 Å². The van der Waals surface area contributed by atoms with E-state index < -0.39 is 0 Å². The molecule has 0 radical (unpaired) electrons. The molecule has 0 saturated heterocycles. The van der Waals surface area contributed by atoms with Gasteiger partial charge in [0.05, 0.1) is 11.9 Å². The van der Waals surface area contributed by atoms with Crippen molar-refractivity contribution >= 4 is 5.69 Å². The summed E-state index contributed by atoms with van der Waals surface area (Å²) in [6, 6.07) is 4.02. The molecule has 82 valence electrons. The van der Waals surface area contributed by atoms with Crippen LogP contribution in [0.4, 0.5) is 5.69 Å². The molecule has 1 aromatic heterocycles. The van der Waals surface area contributed by atoms with Crippen LogP contribution in [0.3, 0.4) is 0 Å². The topological polar surface area (TPSA) is 38.9 Å². The van der Waals surface area contributed by atoms with Gasteiger partial charge in [0, 0.05) is 5.69 Å². The number of pyridine rings is 1. The van der Waals surface area contributed by atoms with Gasteiger partial charge >= 0.3 is 0 Å². The first-order valence-corrected chi connectivity index (χ1v) is 5.94. The van der Waals surface area contributed by atoms with E-state index in [9.17, 15) is 0 Å². The largest absolute Gasteiger partial charge is 0.397 e. The summed E-state index contributed by atoms with van der Waals surface area (Å²) in [6.45, 7) is 2.36. The van der Waals surface area contributed by atoms with Crippen LogP contribution in [-0.4, -0.2) is 4.98 Å². The van der Waals surface area contributed by atoms with Gasteiger partial charge < -0.3 is 5.73 Å². The van der Waals surface area contributed by atoms with Crippen LogP contribution in [0, 0.1) is 11.8 Å². The van der Waals surface area contributed by atoms with E-state index in [-0.39, 0.29) is 0 Å². The molecule has 1 aliphatic rings. The molecule has 2 heteroatoms. The Morgan fingerprint density at radius 3 is 2.60 bits per heavy atom. The predicted octanol–water partition coefficient (Wildman–Crippen LogP) is 3.03. The Kier molecular flexibility index (Phi) is 3.24. The fourth-order valence-electron chi connectivity index (χ4n) is 2.39. The lowest BCUT2D eigenvalue weighted by Gasteiger charge is -2.25. The highest BCUT2D eigenvalue weighted by Gasteiger charge is 2.18. The molecule has 1 fully saturated rings. The van der Waals surface area contributed by atoms with Crippen LogP contribution < -0.4 is 5.73 Å². The van der Waals surface area contributed by atoms with Crippen molar-refractivity contribution in [3.05, 3.63) is 24.0 Å². The Morgan fingerprint density at radius 2 is 2.00 bits per heavy atom. The molecular weight excluding hydrogens is 184 g/mol. The number of rotatable bonds is 2. The maximum atomic E-state index is 5.62. The molecule has 0 bridgehead atoms. The summed E-state index contributed by atoms with van der Waals surface area (Å²) in [5, 5.41) is 0. The van der Waals surface area contributed by atoms with E-state index in [4.69, 9.17) is 5.73 Å². The van der Waals surface area contributed by atoms with Crippen molar-refractivity contribution in [2.75, 3.05) is 5.73 Å². The normalized spacial score (nSPS) is 26.5. The van der Waals surface area contributed by atoms with Crippen LogP contribution >= 0.6 is 0 Å². The number of aromatic nitrogens is 1. The number of hydrogen-bond acceptors (Lipinski definition) is 2. The average Bonchev–Trinajstić information content (AvgIpc) is 2.25. The number of nitrogens with zero attached hydrogens (tertiary/aromatic N) is 1. The molecule has 2 rings (SSSR count). The Labute approximate surface area is 91.9 Å². The minimum atomic E-state index is 0.760. The van der Waals surface area contributed by atoms with Gasteiger partial charge in [-0.3, -0.25) is 4.98 Å². The third-order valence-corrected chi connectivity index (χ3v) is 3.48. The van der Waals surface area contributed by atoms with Gasteiger partial charge in [0.15, 0.2) is 0 Å². The second kappa shape index (κ2) is 4.65. The zero-order valence-corrected chi connectivity index (χ0v) is 9.45. The molecule has 2 N–H and O–H groups in total. The van der Waals surface area contributed by atoms with Gasteiger partial charge in [0.2, 0.25) is 0 Å². The highest BCUT2D eigenvalue weighted by Crippen LogP contribution is 2.30. The molecule has 1 saturated carbocycles. The summed E-state index contributed by atoms with van der Waals surface area (Å²) in [5.74, 6) is 1.78. The van der Waals surface area contributed by atoms with Crippen molar-refractivity contribution in [3.8, 4) is 0 Å².